The topological polar surface area (TPSA) is 0 Å². The van der Waals surface area contributed by atoms with Crippen LogP contribution in [0.15, 0.2) is 11.1 Å². The van der Waals surface area contributed by atoms with Crippen molar-refractivity contribution in [3.05, 3.63) is 11.1 Å². The molecule has 0 aromatic rings. The lowest BCUT2D eigenvalue weighted by molar-refractivity contribution is 0.285. The molecule has 0 N–H and O–H groups in total. The molecule has 0 radical (unpaired) electrons. The number of allylic oxidation sites excluding steroid dienone is 2. The molecular formula is C12H20. The lowest BCUT2D eigenvalue weighted by Crippen LogP contribution is -2.23. The van der Waals surface area contributed by atoms with Gasteiger partial charge in [-0.2, -0.15) is 0 Å². The van der Waals surface area contributed by atoms with Gasteiger partial charge in [-0.3, -0.25) is 0 Å². The van der Waals surface area contributed by atoms with Gasteiger partial charge in [0.1, 0.15) is 0 Å². The first-order valence-electron chi connectivity index (χ1n) is 5.21. The van der Waals surface area contributed by atoms with Crippen LogP contribution in [0.25, 0.3) is 0 Å². The molecular weight excluding hydrogens is 144 g/mol. The zero-order valence-electron chi connectivity index (χ0n) is 8.78. The lowest BCUT2D eigenvalue weighted by atomic mass is 9.71. The van der Waals surface area contributed by atoms with E-state index in [0.29, 0.717) is 5.41 Å². The van der Waals surface area contributed by atoms with Crippen molar-refractivity contribution >= 4 is 0 Å². The van der Waals surface area contributed by atoms with Gasteiger partial charge in [0, 0.05) is 0 Å². The van der Waals surface area contributed by atoms with E-state index in [1.54, 1.807) is 11.1 Å². The number of hydrogen-bond acceptors (Lipinski definition) is 0. The van der Waals surface area contributed by atoms with Crippen LogP contribution < -0.4 is 0 Å². The predicted molar refractivity (Wildman–Crippen MR) is 53.0 cm³/mol. The van der Waals surface area contributed by atoms with Gasteiger partial charge in [0.2, 0.25) is 0 Å². The molecule has 0 heterocycles. The summed E-state index contributed by atoms with van der Waals surface area (Å²) >= 11 is 0. The molecule has 0 aromatic heterocycles. The van der Waals surface area contributed by atoms with Crippen LogP contribution in [0.5, 0.6) is 0 Å². The van der Waals surface area contributed by atoms with E-state index in [-0.39, 0.29) is 0 Å². The summed E-state index contributed by atoms with van der Waals surface area (Å²) in [4.78, 5) is 0. The van der Waals surface area contributed by atoms with Crippen LogP contribution in [0.1, 0.15) is 47.0 Å². The molecule has 0 unspecified atom stereocenters. The van der Waals surface area contributed by atoms with Crippen LogP contribution >= 0.6 is 0 Å². The maximum absolute atomic E-state index is 2.44. The molecule has 2 saturated carbocycles. The summed E-state index contributed by atoms with van der Waals surface area (Å²) in [6.07, 6.45) is 4.43. The Hall–Kier alpha value is -0.260. The second kappa shape index (κ2) is 2.37. The smallest absolute Gasteiger partial charge is 0.0111 e. The second-order valence-corrected chi connectivity index (χ2v) is 5.34. The van der Waals surface area contributed by atoms with Crippen molar-refractivity contribution in [3.8, 4) is 0 Å². The molecule has 0 amide bonds. The summed E-state index contributed by atoms with van der Waals surface area (Å²) in [6, 6.07) is 0. The molecule has 2 rings (SSSR count). The monoisotopic (exact) mass is 164 g/mol. The Bertz CT molecular complexity index is 228. The second-order valence-electron chi connectivity index (χ2n) is 5.34. The highest BCUT2D eigenvalue weighted by atomic mass is 14.5. The van der Waals surface area contributed by atoms with Crippen molar-refractivity contribution in [2.24, 2.45) is 17.3 Å². The van der Waals surface area contributed by atoms with Crippen LogP contribution in [0.4, 0.5) is 0 Å². The normalized spacial score (nSPS) is 37.5. The Morgan fingerprint density at radius 3 is 2.25 bits per heavy atom. The number of hydrogen-bond donors (Lipinski definition) is 0. The van der Waals surface area contributed by atoms with E-state index >= 15 is 0 Å². The van der Waals surface area contributed by atoms with Crippen molar-refractivity contribution < 1.29 is 0 Å². The van der Waals surface area contributed by atoms with Crippen molar-refractivity contribution in [2.45, 2.75) is 47.0 Å². The van der Waals surface area contributed by atoms with E-state index in [1.165, 1.54) is 19.3 Å². The summed E-state index contributed by atoms with van der Waals surface area (Å²) in [5.41, 5.74) is 3.91. The van der Waals surface area contributed by atoms with E-state index in [1.807, 2.05) is 0 Å². The standard InChI is InChI=1S/C12H20/c1-8(2)11-9-5-6-10(7-9)12(11,3)4/h9-10H,5-7H2,1-4H3/t9-,10-/m1/s1. The first-order chi connectivity index (χ1) is 5.53. The zero-order chi connectivity index (χ0) is 8.93. The fraction of sp³-hybridized carbons (Fsp3) is 0.833. The largest absolute Gasteiger partial charge is 0.0764 e. The van der Waals surface area contributed by atoms with Crippen LogP contribution in [-0.4, -0.2) is 0 Å². The van der Waals surface area contributed by atoms with Crippen molar-refractivity contribution in [1.82, 2.24) is 0 Å². The molecule has 12 heavy (non-hydrogen) atoms. The van der Waals surface area contributed by atoms with Crippen molar-refractivity contribution in [2.75, 3.05) is 0 Å². The molecule has 68 valence electrons. The van der Waals surface area contributed by atoms with Crippen LogP contribution in [0.3, 0.4) is 0 Å². The zero-order valence-corrected chi connectivity index (χ0v) is 8.78. The van der Waals surface area contributed by atoms with Gasteiger partial charge in [0.05, 0.1) is 0 Å². The first-order valence-corrected chi connectivity index (χ1v) is 5.21. The molecule has 2 atom stereocenters. The summed E-state index contributed by atoms with van der Waals surface area (Å²) in [5.74, 6) is 1.95. The summed E-state index contributed by atoms with van der Waals surface area (Å²) in [6.45, 7) is 9.47. The molecule has 2 bridgehead atoms. The van der Waals surface area contributed by atoms with E-state index in [0.717, 1.165) is 11.8 Å². The molecule has 0 saturated heterocycles. The van der Waals surface area contributed by atoms with Crippen molar-refractivity contribution in [1.29, 1.82) is 0 Å². The highest BCUT2D eigenvalue weighted by molar-refractivity contribution is 5.29. The minimum atomic E-state index is 0.530. The molecule has 0 aliphatic heterocycles. The molecule has 0 nitrogen and oxygen atoms in total. The summed E-state index contributed by atoms with van der Waals surface area (Å²) in [7, 11) is 0. The minimum absolute atomic E-state index is 0.530. The quantitative estimate of drug-likeness (QED) is 0.478. The number of rotatable bonds is 0. The fourth-order valence-corrected chi connectivity index (χ4v) is 3.70. The van der Waals surface area contributed by atoms with Gasteiger partial charge in [-0.1, -0.05) is 25.0 Å². The molecule has 2 aliphatic rings. The van der Waals surface area contributed by atoms with Crippen LogP contribution in [0.2, 0.25) is 0 Å². The highest BCUT2D eigenvalue weighted by Gasteiger charge is 2.48. The Balaban J connectivity index is 2.42. The van der Waals surface area contributed by atoms with Crippen LogP contribution in [-0.2, 0) is 0 Å². The van der Waals surface area contributed by atoms with Gasteiger partial charge in [-0.15, -0.1) is 0 Å². The summed E-state index contributed by atoms with van der Waals surface area (Å²) in [5, 5.41) is 0. The van der Waals surface area contributed by atoms with Gasteiger partial charge >= 0.3 is 0 Å². The third-order valence-electron chi connectivity index (χ3n) is 4.09. The molecule has 0 aromatic carbocycles. The van der Waals surface area contributed by atoms with Gasteiger partial charge < -0.3 is 0 Å². The van der Waals surface area contributed by atoms with Gasteiger partial charge in [0.25, 0.3) is 0 Å². The van der Waals surface area contributed by atoms with Gasteiger partial charge in [-0.05, 0) is 50.4 Å². The molecule has 0 heteroatoms. The fourth-order valence-electron chi connectivity index (χ4n) is 3.70. The van der Waals surface area contributed by atoms with E-state index in [4.69, 9.17) is 0 Å². The summed E-state index contributed by atoms with van der Waals surface area (Å²) < 4.78 is 0. The third kappa shape index (κ3) is 0.901. The average Bonchev–Trinajstić information content (AvgIpc) is 2.41. The molecule has 2 fully saturated rings. The van der Waals surface area contributed by atoms with Gasteiger partial charge in [0.15, 0.2) is 0 Å². The SMILES string of the molecule is CC(C)=C1[C@@H]2CC[C@H](C2)C1(C)C. The Labute approximate surface area is 76.1 Å². The Kier molecular flexibility index (Phi) is 1.65. The average molecular weight is 164 g/mol. The third-order valence-corrected chi connectivity index (χ3v) is 4.09. The maximum atomic E-state index is 2.44. The Morgan fingerprint density at radius 1 is 1.25 bits per heavy atom. The predicted octanol–water partition coefficient (Wildman–Crippen LogP) is 3.78. The first kappa shape index (κ1) is 8.34. The van der Waals surface area contributed by atoms with E-state index in [9.17, 15) is 0 Å². The number of fused-ring (bicyclic) bond motifs is 2. The highest BCUT2D eigenvalue weighted by Crippen LogP contribution is 2.59. The van der Waals surface area contributed by atoms with Gasteiger partial charge in [-0.25, -0.2) is 0 Å². The molecule has 2 aliphatic carbocycles. The van der Waals surface area contributed by atoms with E-state index < -0.39 is 0 Å². The van der Waals surface area contributed by atoms with Crippen LogP contribution in [0, 0.1) is 17.3 Å². The maximum Gasteiger partial charge on any atom is -0.0111 e. The van der Waals surface area contributed by atoms with E-state index in [2.05, 4.69) is 27.7 Å². The van der Waals surface area contributed by atoms with Crippen molar-refractivity contribution in [3.63, 3.8) is 0 Å². The lowest BCUT2D eigenvalue weighted by Gasteiger charge is -2.34. The Morgan fingerprint density at radius 2 is 1.92 bits per heavy atom. The minimum Gasteiger partial charge on any atom is -0.0764 e. The molecule has 0 spiro atoms.